The van der Waals surface area contributed by atoms with Gasteiger partial charge in [0.2, 0.25) is 0 Å². The molecule has 3 nitrogen and oxygen atoms in total. The average Bonchev–Trinajstić information content (AvgIpc) is 2.76. The van der Waals surface area contributed by atoms with Crippen molar-refractivity contribution in [1.29, 1.82) is 0 Å². The Labute approximate surface area is 125 Å². The van der Waals surface area contributed by atoms with E-state index in [4.69, 9.17) is 4.74 Å². The lowest BCUT2D eigenvalue weighted by Gasteiger charge is -2.43. The first-order valence-corrected chi connectivity index (χ1v) is 8.58. The van der Waals surface area contributed by atoms with Crippen LogP contribution in [0.5, 0.6) is 0 Å². The van der Waals surface area contributed by atoms with Gasteiger partial charge in [-0.2, -0.15) is 0 Å². The second-order valence-corrected chi connectivity index (χ2v) is 7.64. The van der Waals surface area contributed by atoms with Gasteiger partial charge < -0.3 is 10.1 Å². The van der Waals surface area contributed by atoms with Crippen LogP contribution in [0.1, 0.15) is 53.9 Å². The van der Waals surface area contributed by atoms with E-state index in [-0.39, 0.29) is 0 Å². The standard InChI is InChI=1S/C17H34N2O/c1-12(2)8-15-9-18-17(13(3)4)11-19(15)10-16-7-6-14(5)20-16/h12-18H,6-11H2,1-5H3. The summed E-state index contributed by atoms with van der Waals surface area (Å²) in [4.78, 5) is 2.71. The first-order valence-electron chi connectivity index (χ1n) is 8.58. The van der Waals surface area contributed by atoms with Crippen LogP contribution in [0.15, 0.2) is 0 Å². The van der Waals surface area contributed by atoms with Crippen LogP contribution in [-0.4, -0.2) is 48.8 Å². The van der Waals surface area contributed by atoms with Crippen molar-refractivity contribution >= 4 is 0 Å². The molecule has 0 radical (unpaired) electrons. The van der Waals surface area contributed by atoms with Gasteiger partial charge in [0.25, 0.3) is 0 Å². The Morgan fingerprint density at radius 1 is 1.20 bits per heavy atom. The Morgan fingerprint density at radius 2 is 1.95 bits per heavy atom. The van der Waals surface area contributed by atoms with Crippen LogP contribution in [-0.2, 0) is 4.74 Å². The maximum atomic E-state index is 6.05. The van der Waals surface area contributed by atoms with Gasteiger partial charge in [-0.05, 0) is 38.0 Å². The zero-order chi connectivity index (χ0) is 14.7. The highest BCUT2D eigenvalue weighted by atomic mass is 16.5. The summed E-state index contributed by atoms with van der Waals surface area (Å²) >= 11 is 0. The highest BCUT2D eigenvalue weighted by molar-refractivity contribution is 4.90. The van der Waals surface area contributed by atoms with Gasteiger partial charge in [0.05, 0.1) is 12.2 Å². The van der Waals surface area contributed by atoms with Crippen molar-refractivity contribution in [2.45, 2.75) is 78.2 Å². The molecule has 0 aliphatic carbocycles. The molecular formula is C17H34N2O. The summed E-state index contributed by atoms with van der Waals surface area (Å²) in [7, 11) is 0. The minimum atomic E-state index is 0.463. The lowest BCUT2D eigenvalue weighted by Crippen LogP contribution is -2.59. The molecule has 0 aromatic heterocycles. The van der Waals surface area contributed by atoms with Gasteiger partial charge in [-0.25, -0.2) is 0 Å². The molecule has 0 bridgehead atoms. The largest absolute Gasteiger partial charge is 0.374 e. The SMILES string of the molecule is CC(C)CC1CNC(C(C)C)CN1CC1CCC(C)O1. The van der Waals surface area contributed by atoms with E-state index in [2.05, 4.69) is 44.8 Å². The summed E-state index contributed by atoms with van der Waals surface area (Å²) in [5.41, 5.74) is 0. The Hall–Kier alpha value is -0.120. The molecule has 2 aliphatic heterocycles. The van der Waals surface area contributed by atoms with Crippen LogP contribution in [0.3, 0.4) is 0 Å². The number of nitrogens with one attached hydrogen (secondary N) is 1. The van der Waals surface area contributed by atoms with Crippen LogP contribution in [0, 0.1) is 11.8 Å². The minimum absolute atomic E-state index is 0.463. The van der Waals surface area contributed by atoms with E-state index in [9.17, 15) is 0 Å². The third kappa shape index (κ3) is 4.44. The molecule has 0 spiro atoms. The minimum Gasteiger partial charge on any atom is -0.374 e. The lowest BCUT2D eigenvalue weighted by atomic mass is 9.94. The van der Waals surface area contributed by atoms with Crippen LogP contribution < -0.4 is 5.32 Å². The fourth-order valence-electron chi connectivity index (χ4n) is 3.61. The third-order valence-corrected chi connectivity index (χ3v) is 4.87. The molecular weight excluding hydrogens is 248 g/mol. The van der Waals surface area contributed by atoms with E-state index >= 15 is 0 Å². The molecule has 0 amide bonds. The van der Waals surface area contributed by atoms with Crippen LogP contribution in [0.4, 0.5) is 0 Å². The maximum Gasteiger partial charge on any atom is 0.0706 e. The number of nitrogens with zero attached hydrogens (tertiary/aromatic N) is 1. The molecule has 4 unspecified atom stereocenters. The number of piperazine rings is 1. The number of ether oxygens (including phenoxy) is 1. The second-order valence-electron chi connectivity index (χ2n) is 7.64. The molecule has 2 rings (SSSR count). The van der Waals surface area contributed by atoms with Crippen molar-refractivity contribution in [1.82, 2.24) is 10.2 Å². The molecule has 1 N–H and O–H groups in total. The third-order valence-electron chi connectivity index (χ3n) is 4.87. The van der Waals surface area contributed by atoms with Gasteiger partial charge in [0, 0.05) is 31.7 Å². The normalized spacial score (nSPS) is 36.1. The summed E-state index contributed by atoms with van der Waals surface area (Å²) < 4.78 is 6.05. The van der Waals surface area contributed by atoms with Crippen molar-refractivity contribution < 1.29 is 4.74 Å². The topological polar surface area (TPSA) is 24.5 Å². The molecule has 0 aromatic carbocycles. The van der Waals surface area contributed by atoms with Gasteiger partial charge >= 0.3 is 0 Å². The molecule has 0 saturated carbocycles. The maximum absolute atomic E-state index is 6.05. The number of hydrogen-bond donors (Lipinski definition) is 1. The zero-order valence-corrected chi connectivity index (χ0v) is 14.1. The molecule has 0 aromatic rings. The Balaban J connectivity index is 1.93. The summed E-state index contributed by atoms with van der Waals surface area (Å²) in [6.07, 6.45) is 4.70. The van der Waals surface area contributed by atoms with Gasteiger partial charge in [-0.3, -0.25) is 4.90 Å². The zero-order valence-electron chi connectivity index (χ0n) is 14.1. The van der Waals surface area contributed by atoms with E-state index in [1.165, 1.54) is 25.8 Å². The van der Waals surface area contributed by atoms with Gasteiger partial charge in [-0.1, -0.05) is 27.7 Å². The van der Waals surface area contributed by atoms with E-state index in [1.807, 2.05) is 0 Å². The fraction of sp³-hybridized carbons (Fsp3) is 1.00. The van der Waals surface area contributed by atoms with E-state index in [1.54, 1.807) is 0 Å². The first kappa shape index (κ1) is 16.3. The summed E-state index contributed by atoms with van der Waals surface area (Å²) in [6.45, 7) is 15.0. The number of rotatable bonds is 5. The van der Waals surface area contributed by atoms with Crippen LogP contribution in [0.2, 0.25) is 0 Å². The molecule has 2 saturated heterocycles. The van der Waals surface area contributed by atoms with Crippen LogP contribution >= 0.6 is 0 Å². The molecule has 3 heteroatoms. The molecule has 20 heavy (non-hydrogen) atoms. The summed E-state index contributed by atoms with van der Waals surface area (Å²) in [6, 6.07) is 1.32. The smallest absolute Gasteiger partial charge is 0.0706 e. The van der Waals surface area contributed by atoms with Crippen molar-refractivity contribution in [3.8, 4) is 0 Å². The Kier molecular flexibility index (Phi) is 5.88. The highest BCUT2D eigenvalue weighted by Gasteiger charge is 2.33. The lowest BCUT2D eigenvalue weighted by molar-refractivity contribution is 0.00433. The fourth-order valence-corrected chi connectivity index (χ4v) is 3.61. The molecule has 2 aliphatic rings. The molecule has 4 atom stereocenters. The van der Waals surface area contributed by atoms with Crippen molar-refractivity contribution in [3.63, 3.8) is 0 Å². The summed E-state index contributed by atoms with van der Waals surface area (Å²) in [5.74, 6) is 1.48. The monoisotopic (exact) mass is 282 g/mol. The van der Waals surface area contributed by atoms with Crippen molar-refractivity contribution in [2.75, 3.05) is 19.6 Å². The quantitative estimate of drug-likeness (QED) is 0.839. The Bertz CT molecular complexity index is 293. The van der Waals surface area contributed by atoms with Gasteiger partial charge in [-0.15, -0.1) is 0 Å². The predicted molar refractivity (Wildman–Crippen MR) is 85.0 cm³/mol. The highest BCUT2D eigenvalue weighted by Crippen LogP contribution is 2.24. The van der Waals surface area contributed by atoms with Gasteiger partial charge in [0.1, 0.15) is 0 Å². The molecule has 118 valence electrons. The first-order chi connectivity index (χ1) is 9.45. The van der Waals surface area contributed by atoms with E-state index in [0.717, 1.165) is 19.0 Å². The van der Waals surface area contributed by atoms with E-state index < -0.39 is 0 Å². The van der Waals surface area contributed by atoms with E-state index in [0.29, 0.717) is 30.2 Å². The van der Waals surface area contributed by atoms with Crippen LogP contribution in [0.25, 0.3) is 0 Å². The second kappa shape index (κ2) is 7.24. The summed E-state index contributed by atoms with van der Waals surface area (Å²) in [5, 5.41) is 3.76. The average molecular weight is 282 g/mol. The van der Waals surface area contributed by atoms with Crippen molar-refractivity contribution in [3.05, 3.63) is 0 Å². The number of hydrogen-bond acceptors (Lipinski definition) is 3. The van der Waals surface area contributed by atoms with Gasteiger partial charge in [0.15, 0.2) is 0 Å². The predicted octanol–water partition coefficient (Wildman–Crippen LogP) is 2.90. The van der Waals surface area contributed by atoms with Crippen molar-refractivity contribution in [2.24, 2.45) is 11.8 Å². The Morgan fingerprint density at radius 3 is 2.50 bits per heavy atom. The molecule has 2 fully saturated rings. The molecule has 2 heterocycles.